The van der Waals surface area contributed by atoms with Crippen molar-refractivity contribution in [2.24, 2.45) is 0 Å². The monoisotopic (exact) mass is 309 g/mol. The number of rotatable bonds is 4. The second-order valence-electron chi connectivity index (χ2n) is 5.15. The van der Waals surface area contributed by atoms with E-state index in [1.54, 1.807) is 6.07 Å². The van der Waals surface area contributed by atoms with Gasteiger partial charge in [-0.1, -0.05) is 17.7 Å². The summed E-state index contributed by atoms with van der Waals surface area (Å²) in [6, 6.07) is 6.60. The van der Waals surface area contributed by atoms with Crippen molar-refractivity contribution < 1.29 is 9.18 Å². The number of piperidine rings is 1. The van der Waals surface area contributed by atoms with Crippen molar-refractivity contribution in [2.75, 3.05) is 19.6 Å². The summed E-state index contributed by atoms with van der Waals surface area (Å²) < 4.78 is 13.6. The minimum Gasteiger partial charge on any atom is -0.353 e. The number of nitriles is 1. The number of carbonyl (C=O) groups is 1. The fourth-order valence-electron chi connectivity index (χ4n) is 2.48. The molecule has 112 valence electrons. The maximum Gasteiger partial charge on any atom is 0.224 e. The predicted molar refractivity (Wildman–Crippen MR) is 78.3 cm³/mol. The van der Waals surface area contributed by atoms with Crippen molar-refractivity contribution in [3.05, 3.63) is 34.6 Å². The standard InChI is InChI=1S/C15H17ClFN3O/c16-13-2-1-3-14(17)12(13)10-15(21)19-11-4-7-20(8-5-11)9-6-18/h1-3,11H,4-5,7-10H2,(H,19,21). The molecule has 0 atom stereocenters. The highest BCUT2D eigenvalue weighted by molar-refractivity contribution is 6.31. The van der Waals surface area contributed by atoms with Gasteiger partial charge in [-0.25, -0.2) is 4.39 Å². The lowest BCUT2D eigenvalue weighted by Crippen LogP contribution is -2.45. The maximum atomic E-state index is 13.6. The summed E-state index contributed by atoms with van der Waals surface area (Å²) in [6.07, 6.45) is 1.56. The average molecular weight is 310 g/mol. The smallest absolute Gasteiger partial charge is 0.224 e. The van der Waals surface area contributed by atoms with Gasteiger partial charge in [0.1, 0.15) is 5.82 Å². The fraction of sp³-hybridized carbons (Fsp3) is 0.467. The first-order chi connectivity index (χ1) is 10.1. The molecule has 2 rings (SSSR count). The lowest BCUT2D eigenvalue weighted by atomic mass is 10.0. The zero-order valence-electron chi connectivity index (χ0n) is 11.6. The third kappa shape index (κ3) is 4.42. The number of halogens is 2. The molecule has 1 saturated heterocycles. The van der Waals surface area contributed by atoms with E-state index >= 15 is 0 Å². The van der Waals surface area contributed by atoms with E-state index in [2.05, 4.69) is 16.3 Å². The third-order valence-electron chi connectivity index (χ3n) is 3.65. The molecule has 0 aliphatic carbocycles. The number of benzene rings is 1. The van der Waals surface area contributed by atoms with Gasteiger partial charge in [0.15, 0.2) is 0 Å². The van der Waals surface area contributed by atoms with E-state index in [4.69, 9.17) is 16.9 Å². The van der Waals surface area contributed by atoms with Crippen molar-refractivity contribution in [3.63, 3.8) is 0 Å². The first-order valence-electron chi connectivity index (χ1n) is 6.91. The van der Waals surface area contributed by atoms with Gasteiger partial charge in [0.05, 0.1) is 19.0 Å². The maximum absolute atomic E-state index is 13.6. The molecule has 21 heavy (non-hydrogen) atoms. The largest absolute Gasteiger partial charge is 0.353 e. The Hall–Kier alpha value is -1.64. The summed E-state index contributed by atoms with van der Waals surface area (Å²) >= 11 is 5.91. The van der Waals surface area contributed by atoms with Crippen LogP contribution in [0.25, 0.3) is 0 Å². The Morgan fingerprint density at radius 2 is 2.19 bits per heavy atom. The highest BCUT2D eigenvalue weighted by Gasteiger charge is 2.21. The highest BCUT2D eigenvalue weighted by atomic mass is 35.5. The van der Waals surface area contributed by atoms with Crippen LogP contribution >= 0.6 is 11.6 Å². The van der Waals surface area contributed by atoms with Crippen molar-refractivity contribution in [1.82, 2.24) is 10.2 Å². The lowest BCUT2D eigenvalue weighted by Gasteiger charge is -2.30. The Morgan fingerprint density at radius 1 is 1.48 bits per heavy atom. The zero-order chi connectivity index (χ0) is 15.2. The second-order valence-corrected chi connectivity index (χ2v) is 5.56. The van der Waals surface area contributed by atoms with Crippen molar-refractivity contribution in [2.45, 2.75) is 25.3 Å². The van der Waals surface area contributed by atoms with Crippen LogP contribution < -0.4 is 5.32 Å². The summed E-state index contributed by atoms with van der Waals surface area (Å²) in [7, 11) is 0. The first kappa shape index (κ1) is 15.7. The number of hydrogen-bond acceptors (Lipinski definition) is 3. The average Bonchev–Trinajstić information content (AvgIpc) is 2.45. The summed E-state index contributed by atoms with van der Waals surface area (Å²) in [6.45, 7) is 2.00. The molecule has 0 unspecified atom stereocenters. The third-order valence-corrected chi connectivity index (χ3v) is 4.00. The van der Waals surface area contributed by atoms with Crippen molar-refractivity contribution in [3.8, 4) is 6.07 Å². The fourth-order valence-corrected chi connectivity index (χ4v) is 2.71. The van der Waals surface area contributed by atoms with Gasteiger partial charge >= 0.3 is 0 Å². The van der Waals surface area contributed by atoms with E-state index < -0.39 is 5.82 Å². The number of amides is 1. The van der Waals surface area contributed by atoms with E-state index in [0.717, 1.165) is 25.9 Å². The van der Waals surface area contributed by atoms with Gasteiger partial charge < -0.3 is 5.32 Å². The quantitative estimate of drug-likeness (QED) is 0.867. The van der Waals surface area contributed by atoms with Gasteiger partial charge in [-0.2, -0.15) is 5.26 Å². The molecule has 1 amide bonds. The molecular weight excluding hydrogens is 293 g/mol. The predicted octanol–water partition coefficient (Wildman–Crippen LogP) is 2.13. The van der Waals surface area contributed by atoms with E-state index in [0.29, 0.717) is 6.54 Å². The minimum absolute atomic E-state index is 0.0517. The number of nitrogens with zero attached hydrogens (tertiary/aromatic N) is 2. The number of likely N-dealkylation sites (tertiary alicyclic amines) is 1. The van der Waals surface area contributed by atoms with Crippen LogP contribution in [0.15, 0.2) is 18.2 Å². The SMILES string of the molecule is N#CCN1CCC(NC(=O)Cc2c(F)cccc2Cl)CC1. The van der Waals surface area contributed by atoms with Crippen molar-refractivity contribution >= 4 is 17.5 Å². The molecular formula is C15H17ClFN3O. The topological polar surface area (TPSA) is 56.1 Å². The van der Waals surface area contributed by atoms with Gasteiger partial charge in [0.25, 0.3) is 0 Å². The summed E-state index contributed by atoms with van der Waals surface area (Å²) in [5.74, 6) is -0.678. The molecule has 1 aliphatic heterocycles. The number of carbonyl (C=O) groups excluding carboxylic acids is 1. The molecule has 1 N–H and O–H groups in total. The van der Waals surface area contributed by atoms with Gasteiger partial charge in [-0.05, 0) is 25.0 Å². The summed E-state index contributed by atoms with van der Waals surface area (Å²) in [5, 5.41) is 11.8. The van der Waals surface area contributed by atoms with Crippen LogP contribution in [-0.2, 0) is 11.2 Å². The van der Waals surface area contributed by atoms with Crippen LogP contribution in [-0.4, -0.2) is 36.5 Å². The van der Waals surface area contributed by atoms with Gasteiger partial charge in [0, 0.05) is 29.7 Å². The van der Waals surface area contributed by atoms with E-state index in [1.165, 1.54) is 12.1 Å². The van der Waals surface area contributed by atoms with E-state index in [-0.39, 0.29) is 29.0 Å². The number of hydrogen-bond donors (Lipinski definition) is 1. The van der Waals surface area contributed by atoms with Gasteiger partial charge in [-0.15, -0.1) is 0 Å². The molecule has 1 heterocycles. The first-order valence-corrected chi connectivity index (χ1v) is 7.29. The van der Waals surface area contributed by atoms with Crippen LogP contribution in [0.1, 0.15) is 18.4 Å². The Kier molecular flexibility index (Phi) is 5.54. The van der Waals surface area contributed by atoms with E-state index in [9.17, 15) is 9.18 Å². The van der Waals surface area contributed by atoms with Crippen LogP contribution in [0, 0.1) is 17.1 Å². The summed E-state index contributed by atoms with van der Waals surface area (Å²) in [4.78, 5) is 14.0. The molecule has 6 heteroatoms. The van der Waals surface area contributed by atoms with Crippen LogP contribution in [0.2, 0.25) is 5.02 Å². The zero-order valence-corrected chi connectivity index (χ0v) is 12.4. The second kappa shape index (κ2) is 7.39. The van der Waals surface area contributed by atoms with Gasteiger partial charge in [-0.3, -0.25) is 9.69 Å². The summed E-state index contributed by atoms with van der Waals surface area (Å²) in [5.41, 5.74) is 0.235. The lowest BCUT2D eigenvalue weighted by molar-refractivity contribution is -0.121. The molecule has 0 aromatic heterocycles. The van der Waals surface area contributed by atoms with Gasteiger partial charge in [0.2, 0.25) is 5.91 Å². The van der Waals surface area contributed by atoms with Crippen LogP contribution in [0.4, 0.5) is 4.39 Å². The molecule has 4 nitrogen and oxygen atoms in total. The Morgan fingerprint density at radius 3 is 2.81 bits per heavy atom. The normalized spacial score (nSPS) is 16.4. The molecule has 0 bridgehead atoms. The molecule has 1 aromatic rings. The van der Waals surface area contributed by atoms with Crippen LogP contribution in [0.3, 0.4) is 0 Å². The Labute approximate surface area is 128 Å². The molecule has 0 saturated carbocycles. The molecule has 0 radical (unpaired) electrons. The Bertz CT molecular complexity index is 530. The Balaban J connectivity index is 1.85. The van der Waals surface area contributed by atoms with Crippen molar-refractivity contribution in [1.29, 1.82) is 5.26 Å². The highest BCUT2D eigenvalue weighted by Crippen LogP contribution is 2.19. The van der Waals surface area contributed by atoms with Crippen LogP contribution in [0.5, 0.6) is 0 Å². The number of nitrogens with one attached hydrogen (secondary N) is 1. The minimum atomic E-state index is -0.457. The van der Waals surface area contributed by atoms with E-state index in [1.807, 2.05) is 0 Å². The molecule has 1 fully saturated rings. The molecule has 0 spiro atoms. The molecule has 1 aliphatic rings. The molecule has 1 aromatic carbocycles.